The molecule has 8 heteroatoms. The van der Waals surface area contributed by atoms with Gasteiger partial charge in [-0.3, -0.25) is 9.59 Å². The van der Waals surface area contributed by atoms with Crippen LogP contribution in [0.25, 0.3) is 0 Å². The minimum Gasteiger partial charge on any atom is -0.465 e. The van der Waals surface area contributed by atoms with Crippen LogP contribution in [0.1, 0.15) is 16.8 Å². The van der Waals surface area contributed by atoms with Gasteiger partial charge in [0.25, 0.3) is 0 Å². The Bertz CT molecular complexity index is 879. The fraction of sp³-hybridized carbons (Fsp3) is 0.211. The SMILES string of the molecule is COC(=O)c1ccc(N2CC(C(=O)Nc3c(F)cccc3F)CC2=O)cc1. The van der Waals surface area contributed by atoms with Crippen molar-refractivity contribution in [1.82, 2.24) is 0 Å². The number of carbonyl (C=O) groups is 3. The molecule has 0 radical (unpaired) electrons. The van der Waals surface area contributed by atoms with Crippen molar-refractivity contribution in [2.75, 3.05) is 23.9 Å². The molecule has 0 aliphatic carbocycles. The van der Waals surface area contributed by atoms with Gasteiger partial charge in [-0.2, -0.15) is 0 Å². The highest BCUT2D eigenvalue weighted by Gasteiger charge is 2.35. The average Bonchev–Trinajstić information content (AvgIpc) is 3.06. The molecule has 1 N–H and O–H groups in total. The minimum absolute atomic E-state index is 0.0678. The molecule has 6 nitrogen and oxygen atoms in total. The fourth-order valence-corrected chi connectivity index (χ4v) is 2.87. The van der Waals surface area contributed by atoms with Gasteiger partial charge < -0.3 is 15.0 Å². The maximum Gasteiger partial charge on any atom is 0.337 e. The van der Waals surface area contributed by atoms with Gasteiger partial charge in [0.1, 0.15) is 17.3 Å². The van der Waals surface area contributed by atoms with Crippen LogP contribution in [0, 0.1) is 17.6 Å². The molecule has 1 aliphatic rings. The molecule has 3 rings (SSSR count). The van der Waals surface area contributed by atoms with Crippen molar-refractivity contribution >= 4 is 29.2 Å². The predicted molar refractivity (Wildman–Crippen MR) is 93.2 cm³/mol. The molecule has 2 amide bonds. The number of ether oxygens (including phenoxy) is 1. The zero-order chi connectivity index (χ0) is 19.6. The van der Waals surface area contributed by atoms with E-state index in [1.807, 2.05) is 0 Å². The first-order valence-electron chi connectivity index (χ1n) is 8.14. The van der Waals surface area contributed by atoms with E-state index in [1.54, 1.807) is 12.1 Å². The number of carbonyl (C=O) groups excluding carboxylic acids is 3. The van der Waals surface area contributed by atoms with Gasteiger partial charge in [-0.15, -0.1) is 0 Å². The van der Waals surface area contributed by atoms with Crippen LogP contribution in [0.5, 0.6) is 0 Å². The maximum atomic E-state index is 13.7. The Labute approximate surface area is 153 Å². The smallest absolute Gasteiger partial charge is 0.337 e. The quantitative estimate of drug-likeness (QED) is 0.835. The predicted octanol–water partition coefficient (Wildman–Crippen LogP) is 2.74. The van der Waals surface area contributed by atoms with E-state index < -0.39 is 35.1 Å². The summed E-state index contributed by atoms with van der Waals surface area (Å²) in [6.07, 6.45) is -0.0827. The van der Waals surface area contributed by atoms with Gasteiger partial charge in [-0.25, -0.2) is 13.6 Å². The number of rotatable bonds is 4. The van der Waals surface area contributed by atoms with Crippen molar-refractivity contribution in [2.24, 2.45) is 5.92 Å². The zero-order valence-corrected chi connectivity index (χ0v) is 14.4. The second-order valence-electron chi connectivity index (χ2n) is 6.03. The third-order valence-electron chi connectivity index (χ3n) is 4.31. The van der Waals surface area contributed by atoms with Crippen LogP contribution in [0.3, 0.4) is 0 Å². The molecule has 27 heavy (non-hydrogen) atoms. The largest absolute Gasteiger partial charge is 0.465 e. The summed E-state index contributed by atoms with van der Waals surface area (Å²) in [5.41, 5.74) is 0.313. The van der Waals surface area contributed by atoms with E-state index in [-0.39, 0.29) is 18.9 Å². The van der Waals surface area contributed by atoms with Crippen LogP contribution in [-0.4, -0.2) is 31.4 Å². The second-order valence-corrected chi connectivity index (χ2v) is 6.03. The minimum atomic E-state index is -0.886. The van der Waals surface area contributed by atoms with E-state index in [0.717, 1.165) is 12.1 Å². The summed E-state index contributed by atoms with van der Waals surface area (Å²) in [4.78, 5) is 37.5. The number of esters is 1. The lowest BCUT2D eigenvalue weighted by Crippen LogP contribution is -2.28. The molecule has 2 aromatic carbocycles. The summed E-state index contributed by atoms with van der Waals surface area (Å²) in [6, 6.07) is 9.43. The standard InChI is InChI=1S/C19H16F2N2O4/c1-27-19(26)11-5-7-13(8-6-11)23-10-12(9-16(23)24)18(25)22-17-14(20)3-2-4-15(17)21/h2-8,12H,9-10H2,1H3,(H,22,25). The number of hydrogen-bond acceptors (Lipinski definition) is 4. The van der Waals surface area contributed by atoms with Crippen molar-refractivity contribution in [3.8, 4) is 0 Å². The van der Waals surface area contributed by atoms with Crippen LogP contribution >= 0.6 is 0 Å². The number of halogens is 2. The summed E-state index contributed by atoms with van der Waals surface area (Å²) in [5.74, 6) is -3.96. The van der Waals surface area contributed by atoms with Gasteiger partial charge >= 0.3 is 5.97 Å². The van der Waals surface area contributed by atoms with Crippen molar-refractivity contribution < 1.29 is 27.9 Å². The number of amides is 2. The first-order valence-corrected chi connectivity index (χ1v) is 8.14. The summed E-state index contributed by atoms with van der Waals surface area (Å²) in [7, 11) is 1.27. The molecule has 0 saturated carbocycles. The number of methoxy groups -OCH3 is 1. The lowest BCUT2D eigenvalue weighted by atomic mass is 10.1. The first-order chi connectivity index (χ1) is 12.9. The number of nitrogens with zero attached hydrogens (tertiary/aromatic N) is 1. The molecule has 1 heterocycles. The van der Waals surface area contributed by atoms with Crippen molar-refractivity contribution in [3.05, 3.63) is 59.7 Å². The molecular weight excluding hydrogens is 358 g/mol. The van der Waals surface area contributed by atoms with Crippen molar-refractivity contribution in [3.63, 3.8) is 0 Å². The van der Waals surface area contributed by atoms with Crippen LogP contribution in [0.2, 0.25) is 0 Å². The van der Waals surface area contributed by atoms with E-state index in [1.165, 1.54) is 30.2 Å². The first kappa shape index (κ1) is 18.5. The van der Waals surface area contributed by atoms with E-state index >= 15 is 0 Å². The van der Waals surface area contributed by atoms with E-state index in [4.69, 9.17) is 0 Å². The Balaban J connectivity index is 1.71. The highest BCUT2D eigenvalue weighted by molar-refractivity contribution is 6.03. The number of anilines is 2. The summed E-state index contributed by atoms with van der Waals surface area (Å²) < 4.78 is 32.0. The zero-order valence-electron chi connectivity index (χ0n) is 14.4. The Morgan fingerprint density at radius 2 is 1.74 bits per heavy atom. The van der Waals surface area contributed by atoms with E-state index in [0.29, 0.717) is 11.3 Å². The second kappa shape index (κ2) is 7.53. The van der Waals surface area contributed by atoms with Crippen molar-refractivity contribution in [1.29, 1.82) is 0 Å². The van der Waals surface area contributed by atoms with Gasteiger partial charge in [0.15, 0.2) is 0 Å². The van der Waals surface area contributed by atoms with Gasteiger partial charge in [-0.1, -0.05) is 6.07 Å². The normalized spacial score (nSPS) is 16.3. The van der Waals surface area contributed by atoms with E-state index in [2.05, 4.69) is 10.1 Å². The Morgan fingerprint density at radius 1 is 1.11 bits per heavy atom. The molecule has 140 valence electrons. The monoisotopic (exact) mass is 374 g/mol. The number of para-hydroxylation sites is 1. The fourth-order valence-electron chi connectivity index (χ4n) is 2.87. The molecule has 0 spiro atoms. The van der Waals surface area contributed by atoms with E-state index in [9.17, 15) is 23.2 Å². The Kier molecular flexibility index (Phi) is 5.16. The Morgan fingerprint density at radius 3 is 2.33 bits per heavy atom. The lowest BCUT2D eigenvalue weighted by molar-refractivity contribution is -0.122. The summed E-state index contributed by atoms with van der Waals surface area (Å²) in [5, 5.41) is 2.22. The van der Waals surface area contributed by atoms with Crippen LogP contribution < -0.4 is 10.2 Å². The third kappa shape index (κ3) is 3.79. The number of hydrogen-bond donors (Lipinski definition) is 1. The van der Waals surface area contributed by atoms with Crippen molar-refractivity contribution in [2.45, 2.75) is 6.42 Å². The molecular formula is C19H16F2N2O4. The average molecular weight is 374 g/mol. The van der Waals surface area contributed by atoms with Gasteiger partial charge in [0.2, 0.25) is 11.8 Å². The van der Waals surface area contributed by atoms with Gasteiger partial charge in [0.05, 0.1) is 18.6 Å². The van der Waals surface area contributed by atoms with Gasteiger partial charge in [-0.05, 0) is 36.4 Å². The number of benzene rings is 2. The molecule has 0 bridgehead atoms. The summed E-state index contributed by atoms with van der Waals surface area (Å²) >= 11 is 0. The molecule has 2 aromatic rings. The molecule has 1 aliphatic heterocycles. The molecule has 1 saturated heterocycles. The topological polar surface area (TPSA) is 75.7 Å². The van der Waals surface area contributed by atoms with Crippen LogP contribution in [-0.2, 0) is 14.3 Å². The Hall–Kier alpha value is -3.29. The third-order valence-corrected chi connectivity index (χ3v) is 4.31. The maximum absolute atomic E-state index is 13.7. The van der Waals surface area contributed by atoms with Gasteiger partial charge in [0, 0.05) is 18.7 Å². The van der Waals surface area contributed by atoms with Crippen LogP contribution in [0.15, 0.2) is 42.5 Å². The molecule has 1 fully saturated rings. The molecule has 1 unspecified atom stereocenters. The highest BCUT2D eigenvalue weighted by Crippen LogP contribution is 2.27. The molecule has 0 aromatic heterocycles. The lowest BCUT2D eigenvalue weighted by Gasteiger charge is -2.17. The van der Waals surface area contributed by atoms with Crippen LogP contribution in [0.4, 0.5) is 20.2 Å². The highest BCUT2D eigenvalue weighted by atomic mass is 19.1. The molecule has 1 atom stereocenters. The summed E-state index contributed by atoms with van der Waals surface area (Å²) in [6.45, 7) is 0.0678. The number of nitrogens with one attached hydrogen (secondary N) is 1.